The van der Waals surface area contributed by atoms with Gasteiger partial charge >= 0.3 is 12.1 Å². The van der Waals surface area contributed by atoms with Crippen LogP contribution in [0.15, 0.2) is 28.8 Å². The van der Waals surface area contributed by atoms with Crippen molar-refractivity contribution in [3.63, 3.8) is 0 Å². The molecule has 0 spiro atoms. The summed E-state index contributed by atoms with van der Waals surface area (Å²) < 4.78 is 46.8. The largest absolute Gasteiger partial charge is 0.471 e. The Morgan fingerprint density at radius 2 is 2.04 bits per heavy atom. The molecule has 1 aliphatic heterocycles. The van der Waals surface area contributed by atoms with Gasteiger partial charge in [-0.3, -0.25) is 4.79 Å². The van der Waals surface area contributed by atoms with E-state index in [1.165, 1.54) is 12.1 Å². The van der Waals surface area contributed by atoms with Gasteiger partial charge in [-0.2, -0.15) is 18.2 Å². The lowest BCUT2D eigenvalue weighted by Gasteiger charge is -2.23. The average molecular weight is 393 g/mol. The number of carbonyl (C=O) groups is 1. The van der Waals surface area contributed by atoms with Crippen molar-refractivity contribution >= 4 is 24.0 Å². The van der Waals surface area contributed by atoms with E-state index in [2.05, 4.69) is 25.3 Å². The third kappa shape index (κ3) is 5.16. The van der Waals surface area contributed by atoms with Gasteiger partial charge in [0.15, 0.2) is 0 Å². The first kappa shape index (κ1) is 20.1. The molecule has 1 fully saturated rings. The zero-order valence-electron chi connectivity index (χ0n) is 13.4. The fourth-order valence-corrected chi connectivity index (χ4v) is 2.35. The number of carbonyl (C=O) groups excluding carboxylic acids is 1. The van der Waals surface area contributed by atoms with Gasteiger partial charge in [0.25, 0.3) is 0 Å². The number of anilines is 1. The van der Waals surface area contributed by atoms with Crippen LogP contribution in [0.5, 0.6) is 0 Å². The van der Waals surface area contributed by atoms with Crippen LogP contribution in [0.2, 0.25) is 0 Å². The van der Waals surface area contributed by atoms with Crippen LogP contribution in [0.1, 0.15) is 12.3 Å². The predicted octanol–water partition coefficient (Wildman–Crippen LogP) is 2.49. The van der Waals surface area contributed by atoms with Crippen LogP contribution in [0, 0.1) is 0 Å². The van der Waals surface area contributed by atoms with Crippen LogP contribution in [0.25, 0.3) is 11.4 Å². The first-order valence-electron chi connectivity index (χ1n) is 7.54. The van der Waals surface area contributed by atoms with Gasteiger partial charge in [-0.1, -0.05) is 5.16 Å². The molecule has 1 aromatic carbocycles. The van der Waals surface area contributed by atoms with Crippen molar-refractivity contribution in [3.05, 3.63) is 30.2 Å². The summed E-state index contributed by atoms with van der Waals surface area (Å²) in [5, 5.41) is 9.20. The number of aromatic nitrogens is 2. The van der Waals surface area contributed by atoms with Gasteiger partial charge in [0.05, 0.1) is 13.2 Å². The number of nitrogens with zero attached hydrogens (tertiary/aromatic N) is 2. The highest BCUT2D eigenvalue weighted by molar-refractivity contribution is 5.91. The monoisotopic (exact) mass is 392 g/mol. The van der Waals surface area contributed by atoms with Crippen molar-refractivity contribution < 1.29 is 27.2 Å². The quantitative estimate of drug-likeness (QED) is 0.831. The van der Waals surface area contributed by atoms with Crippen LogP contribution in [0.4, 0.5) is 18.9 Å². The number of halogens is 4. The lowest BCUT2D eigenvalue weighted by atomic mass is 10.1. The molecule has 1 aliphatic rings. The second-order valence-electron chi connectivity index (χ2n) is 5.48. The van der Waals surface area contributed by atoms with Crippen LogP contribution in [0.3, 0.4) is 0 Å². The third-order valence-corrected chi connectivity index (χ3v) is 3.53. The smallest absolute Gasteiger partial charge is 0.378 e. The fourth-order valence-electron chi connectivity index (χ4n) is 2.35. The van der Waals surface area contributed by atoms with Crippen molar-refractivity contribution in [2.75, 3.05) is 25.1 Å². The van der Waals surface area contributed by atoms with E-state index in [0.29, 0.717) is 31.0 Å². The standard InChI is InChI=1S/C15H15F3N4O3.ClH/c16-15(17,18)14-21-13(22-25-14)9-1-3-10(4-2-9)20-12(23)7-11-8-24-6-5-19-11;/h1-4,11,19H,5-8H2,(H,20,23);1H. The Bertz CT molecular complexity index is 730. The minimum atomic E-state index is -4.68. The number of benzene rings is 1. The summed E-state index contributed by atoms with van der Waals surface area (Å²) in [6.45, 7) is 1.81. The van der Waals surface area contributed by atoms with Crippen LogP contribution in [-0.2, 0) is 15.7 Å². The van der Waals surface area contributed by atoms with Gasteiger partial charge in [0.1, 0.15) is 0 Å². The minimum absolute atomic E-state index is 0. The maximum Gasteiger partial charge on any atom is 0.471 e. The molecule has 0 aliphatic carbocycles. The van der Waals surface area contributed by atoms with E-state index in [9.17, 15) is 18.0 Å². The highest BCUT2D eigenvalue weighted by Crippen LogP contribution is 2.29. The summed E-state index contributed by atoms with van der Waals surface area (Å²) in [5.74, 6) is -1.76. The van der Waals surface area contributed by atoms with Gasteiger partial charge in [-0.25, -0.2) is 0 Å². The SMILES string of the molecule is Cl.O=C(CC1COCCN1)Nc1ccc(-c2noc(C(F)(F)F)n2)cc1. The Labute approximate surface area is 152 Å². The molecular formula is C15H16ClF3N4O3. The van der Waals surface area contributed by atoms with E-state index >= 15 is 0 Å². The number of hydrogen-bond donors (Lipinski definition) is 2. The average Bonchev–Trinajstić information content (AvgIpc) is 3.07. The zero-order valence-corrected chi connectivity index (χ0v) is 14.2. The zero-order chi connectivity index (χ0) is 17.9. The van der Waals surface area contributed by atoms with E-state index in [1.807, 2.05) is 0 Å². The molecule has 11 heteroatoms. The Morgan fingerprint density at radius 1 is 1.31 bits per heavy atom. The molecule has 7 nitrogen and oxygen atoms in total. The number of morpholine rings is 1. The number of nitrogens with one attached hydrogen (secondary N) is 2. The molecule has 1 atom stereocenters. The molecule has 0 radical (unpaired) electrons. The van der Waals surface area contributed by atoms with Crippen LogP contribution < -0.4 is 10.6 Å². The minimum Gasteiger partial charge on any atom is -0.378 e. The summed E-state index contributed by atoms with van der Waals surface area (Å²) >= 11 is 0. The highest BCUT2D eigenvalue weighted by atomic mass is 35.5. The van der Waals surface area contributed by atoms with Gasteiger partial charge in [-0.15, -0.1) is 12.4 Å². The molecule has 26 heavy (non-hydrogen) atoms. The molecule has 2 N–H and O–H groups in total. The summed E-state index contributed by atoms with van der Waals surface area (Å²) in [6.07, 6.45) is -4.42. The summed E-state index contributed by atoms with van der Waals surface area (Å²) in [5.41, 5.74) is 0.865. The normalized spacial score (nSPS) is 17.4. The molecule has 142 valence electrons. The fraction of sp³-hybridized carbons (Fsp3) is 0.400. The third-order valence-electron chi connectivity index (χ3n) is 3.53. The molecule has 1 aromatic heterocycles. The van der Waals surface area contributed by atoms with E-state index in [4.69, 9.17) is 4.74 Å². The molecule has 3 rings (SSSR count). The van der Waals surface area contributed by atoms with Crippen molar-refractivity contribution in [2.24, 2.45) is 0 Å². The van der Waals surface area contributed by atoms with Gasteiger partial charge < -0.3 is 19.9 Å². The van der Waals surface area contributed by atoms with Crippen LogP contribution in [-0.4, -0.2) is 41.8 Å². The van der Waals surface area contributed by atoms with Crippen molar-refractivity contribution in [3.8, 4) is 11.4 Å². The van der Waals surface area contributed by atoms with Gasteiger partial charge in [0.2, 0.25) is 11.7 Å². The lowest BCUT2D eigenvalue weighted by Crippen LogP contribution is -2.43. The Kier molecular flexibility index (Phi) is 6.57. The number of ether oxygens (including phenoxy) is 1. The lowest BCUT2D eigenvalue weighted by molar-refractivity contribution is -0.159. The summed E-state index contributed by atoms with van der Waals surface area (Å²) in [4.78, 5) is 15.3. The summed E-state index contributed by atoms with van der Waals surface area (Å²) in [7, 11) is 0. The van der Waals surface area contributed by atoms with E-state index in [0.717, 1.165) is 0 Å². The molecule has 0 bridgehead atoms. The molecule has 2 heterocycles. The highest BCUT2D eigenvalue weighted by Gasteiger charge is 2.38. The Hall–Kier alpha value is -2.17. The molecule has 0 saturated carbocycles. The Balaban J connectivity index is 0.00000243. The van der Waals surface area contributed by atoms with E-state index < -0.39 is 12.1 Å². The molecular weight excluding hydrogens is 377 g/mol. The van der Waals surface area contributed by atoms with Crippen molar-refractivity contribution in [1.82, 2.24) is 15.5 Å². The topological polar surface area (TPSA) is 89.3 Å². The Morgan fingerprint density at radius 3 is 2.62 bits per heavy atom. The molecule has 1 unspecified atom stereocenters. The van der Waals surface area contributed by atoms with E-state index in [1.54, 1.807) is 12.1 Å². The first-order chi connectivity index (χ1) is 11.9. The number of hydrogen-bond acceptors (Lipinski definition) is 6. The first-order valence-corrected chi connectivity index (χ1v) is 7.54. The van der Waals surface area contributed by atoms with Crippen LogP contribution >= 0.6 is 12.4 Å². The van der Waals surface area contributed by atoms with Gasteiger partial charge in [0, 0.05) is 30.3 Å². The van der Waals surface area contributed by atoms with E-state index in [-0.39, 0.29) is 36.6 Å². The molecule has 2 aromatic rings. The maximum absolute atomic E-state index is 12.5. The van der Waals surface area contributed by atoms with Gasteiger partial charge in [-0.05, 0) is 24.3 Å². The number of rotatable bonds is 4. The predicted molar refractivity (Wildman–Crippen MR) is 87.8 cm³/mol. The number of amides is 1. The summed E-state index contributed by atoms with van der Waals surface area (Å²) in [6, 6.07) is 6.09. The maximum atomic E-state index is 12.5. The van der Waals surface area contributed by atoms with Crippen molar-refractivity contribution in [1.29, 1.82) is 0 Å². The van der Waals surface area contributed by atoms with Crippen molar-refractivity contribution in [2.45, 2.75) is 18.6 Å². The molecule has 1 saturated heterocycles. The second-order valence-corrected chi connectivity index (χ2v) is 5.48. The second kappa shape index (κ2) is 8.47. The molecule has 1 amide bonds. The number of alkyl halides is 3.